The highest BCUT2D eigenvalue weighted by atomic mass is 16.5. The lowest BCUT2D eigenvalue weighted by Crippen LogP contribution is -1.98. The summed E-state index contributed by atoms with van der Waals surface area (Å²) in [4.78, 5) is 8.51. The Morgan fingerprint density at radius 2 is 1.76 bits per heavy atom. The topological polar surface area (TPSA) is 78.9 Å². The standard InChI is InChI=1S/C15H15N5O/c1-20-14(16)12(10-4-6-11(21-2)7-5-10)13(19-20)15-17-8-3-9-18-15/h3-9H,16H2,1-2H3. The van der Waals surface area contributed by atoms with Crippen molar-refractivity contribution in [2.24, 2.45) is 7.05 Å². The van der Waals surface area contributed by atoms with Crippen LogP contribution in [0, 0.1) is 0 Å². The normalized spacial score (nSPS) is 10.6. The van der Waals surface area contributed by atoms with Crippen LogP contribution in [0.25, 0.3) is 22.6 Å². The highest BCUT2D eigenvalue weighted by Gasteiger charge is 2.19. The molecule has 0 fully saturated rings. The zero-order valence-corrected chi connectivity index (χ0v) is 11.8. The first kappa shape index (κ1) is 13.1. The van der Waals surface area contributed by atoms with Gasteiger partial charge in [-0.15, -0.1) is 0 Å². The summed E-state index contributed by atoms with van der Waals surface area (Å²) >= 11 is 0. The molecule has 0 amide bonds. The Kier molecular flexibility index (Phi) is 3.27. The van der Waals surface area contributed by atoms with Crippen molar-refractivity contribution in [3.63, 3.8) is 0 Å². The van der Waals surface area contributed by atoms with Crippen molar-refractivity contribution >= 4 is 5.82 Å². The van der Waals surface area contributed by atoms with E-state index in [-0.39, 0.29) is 0 Å². The van der Waals surface area contributed by atoms with Gasteiger partial charge in [0, 0.05) is 19.4 Å². The fourth-order valence-corrected chi connectivity index (χ4v) is 2.16. The van der Waals surface area contributed by atoms with Gasteiger partial charge in [0.05, 0.1) is 12.7 Å². The summed E-state index contributed by atoms with van der Waals surface area (Å²) in [6.45, 7) is 0. The van der Waals surface area contributed by atoms with E-state index in [9.17, 15) is 0 Å². The Balaban J connectivity index is 2.17. The Morgan fingerprint density at radius 1 is 1.10 bits per heavy atom. The second-order valence-electron chi connectivity index (χ2n) is 4.53. The maximum atomic E-state index is 6.16. The first-order valence-electron chi connectivity index (χ1n) is 6.45. The fourth-order valence-electron chi connectivity index (χ4n) is 2.16. The second kappa shape index (κ2) is 5.24. The molecule has 1 aromatic carbocycles. The molecule has 0 aliphatic carbocycles. The number of ether oxygens (including phenoxy) is 1. The molecule has 0 aliphatic rings. The molecule has 2 N–H and O–H groups in total. The van der Waals surface area contributed by atoms with Crippen LogP contribution in [0.1, 0.15) is 0 Å². The SMILES string of the molecule is COc1ccc(-c2c(-c3ncccn3)nn(C)c2N)cc1. The average Bonchev–Trinajstić information content (AvgIpc) is 2.84. The Labute approximate surface area is 122 Å². The molecular weight excluding hydrogens is 266 g/mol. The van der Waals surface area contributed by atoms with Crippen molar-refractivity contribution in [2.75, 3.05) is 12.8 Å². The highest BCUT2D eigenvalue weighted by Crippen LogP contribution is 2.34. The number of aromatic nitrogens is 4. The van der Waals surface area contributed by atoms with E-state index >= 15 is 0 Å². The second-order valence-corrected chi connectivity index (χ2v) is 4.53. The van der Waals surface area contributed by atoms with Crippen LogP contribution in [0.5, 0.6) is 5.75 Å². The van der Waals surface area contributed by atoms with Crippen molar-refractivity contribution in [3.05, 3.63) is 42.7 Å². The van der Waals surface area contributed by atoms with Gasteiger partial charge in [-0.2, -0.15) is 5.10 Å². The highest BCUT2D eigenvalue weighted by molar-refractivity contribution is 5.86. The molecule has 2 heterocycles. The molecule has 0 aliphatic heterocycles. The quantitative estimate of drug-likeness (QED) is 0.795. The van der Waals surface area contributed by atoms with E-state index in [4.69, 9.17) is 10.5 Å². The first-order chi connectivity index (χ1) is 10.2. The Hall–Kier alpha value is -2.89. The lowest BCUT2D eigenvalue weighted by atomic mass is 10.0. The van der Waals surface area contributed by atoms with Crippen molar-refractivity contribution in [2.45, 2.75) is 0 Å². The summed E-state index contributed by atoms with van der Waals surface area (Å²) < 4.78 is 6.81. The maximum Gasteiger partial charge on any atom is 0.180 e. The van der Waals surface area contributed by atoms with Crippen LogP contribution in [-0.2, 0) is 7.05 Å². The van der Waals surface area contributed by atoms with Crippen molar-refractivity contribution in [1.82, 2.24) is 19.7 Å². The molecule has 0 unspecified atom stereocenters. The van der Waals surface area contributed by atoms with E-state index in [1.165, 1.54) is 0 Å². The number of benzene rings is 1. The molecular formula is C15H15N5O. The smallest absolute Gasteiger partial charge is 0.180 e. The number of nitrogens with two attached hydrogens (primary N) is 1. The van der Waals surface area contributed by atoms with Crippen LogP contribution in [0.4, 0.5) is 5.82 Å². The number of rotatable bonds is 3. The molecule has 21 heavy (non-hydrogen) atoms. The molecule has 6 nitrogen and oxygen atoms in total. The molecule has 3 rings (SSSR count). The molecule has 0 radical (unpaired) electrons. The maximum absolute atomic E-state index is 6.16. The summed E-state index contributed by atoms with van der Waals surface area (Å²) in [6.07, 6.45) is 3.37. The van der Waals surface area contributed by atoms with Crippen LogP contribution < -0.4 is 10.5 Å². The zero-order valence-electron chi connectivity index (χ0n) is 11.8. The van der Waals surface area contributed by atoms with Gasteiger partial charge in [-0.25, -0.2) is 9.97 Å². The van der Waals surface area contributed by atoms with Crippen LogP contribution in [0.2, 0.25) is 0 Å². The zero-order chi connectivity index (χ0) is 14.8. The molecule has 0 spiro atoms. The summed E-state index contributed by atoms with van der Waals surface area (Å²) in [6, 6.07) is 9.43. The minimum absolute atomic E-state index is 0.551. The number of hydrogen-bond donors (Lipinski definition) is 1. The summed E-state index contributed by atoms with van der Waals surface area (Å²) in [5.41, 5.74) is 8.60. The van der Waals surface area contributed by atoms with Crippen LogP contribution in [0.3, 0.4) is 0 Å². The molecule has 0 saturated carbocycles. The van der Waals surface area contributed by atoms with E-state index in [0.717, 1.165) is 16.9 Å². The molecule has 0 saturated heterocycles. The van der Waals surface area contributed by atoms with E-state index in [1.807, 2.05) is 24.3 Å². The molecule has 106 valence electrons. The van der Waals surface area contributed by atoms with E-state index in [0.29, 0.717) is 17.3 Å². The van der Waals surface area contributed by atoms with Gasteiger partial charge in [-0.3, -0.25) is 4.68 Å². The lowest BCUT2D eigenvalue weighted by molar-refractivity contribution is 0.415. The van der Waals surface area contributed by atoms with Crippen LogP contribution >= 0.6 is 0 Å². The van der Waals surface area contributed by atoms with Gasteiger partial charge in [-0.1, -0.05) is 12.1 Å². The summed E-state index contributed by atoms with van der Waals surface area (Å²) in [5.74, 6) is 1.91. The molecule has 3 aromatic rings. The number of methoxy groups -OCH3 is 1. The van der Waals surface area contributed by atoms with Crippen molar-refractivity contribution in [3.8, 4) is 28.4 Å². The minimum Gasteiger partial charge on any atom is -0.497 e. The first-order valence-corrected chi connectivity index (χ1v) is 6.45. The fraction of sp³-hybridized carbons (Fsp3) is 0.133. The van der Waals surface area contributed by atoms with Gasteiger partial charge < -0.3 is 10.5 Å². The summed E-state index contributed by atoms with van der Waals surface area (Å²) in [5, 5.41) is 4.43. The van der Waals surface area contributed by atoms with Gasteiger partial charge in [0.25, 0.3) is 0 Å². The van der Waals surface area contributed by atoms with E-state index < -0.39 is 0 Å². The third-order valence-corrected chi connectivity index (χ3v) is 3.25. The molecule has 2 aromatic heterocycles. The Morgan fingerprint density at radius 3 is 2.38 bits per heavy atom. The van der Waals surface area contributed by atoms with Gasteiger partial charge in [0.15, 0.2) is 5.82 Å². The van der Waals surface area contributed by atoms with Crippen LogP contribution in [-0.4, -0.2) is 26.9 Å². The number of hydrogen-bond acceptors (Lipinski definition) is 5. The number of aryl methyl sites for hydroxylation is 1. The Bertz CT molecular complexity index is 750. The minimum atomic E-state index is 0.551. The monoisotopic (exact) mass is 281 g/mol. The largest absolute Gasteiger partial charge is 0.497 e. The average molecular weight is 281 g/mol. The third kappa shape index (κ3) is 2.31. The lowest BCUT2D eigenvalue weighted by Gasteiger charge is -2.05. The number of nitrogen functional groups attached to an aromatic ring is 1. The predicted molar refractivity (Wildman–Crippen MR) is 80.6 cm³/mol. The van der Waals surface area contributed by atoms with Crippen molar-refractivity contribution < 1.29 is 4.74 Å². The van der Waals surface area contributed by atoms with Gasteiger partial charge in [0.2, 0.25) is 0 Å². The summed E-state index contributed by atoms with van der Waals surface area (Å²) in [7, 11) is 3.44. The van der Waals surface area contributed by atoms with Gasteiger partial charge in [0.1, 0.15) is 17.3 Å². The molecule has 0 atom stereocenters. The third-order valence-electron chi connectivity index (χ3n) is 3.25. The van der Waals surface area contributed by atoms with Crippen LogP contribution in [0.15, 0.2) is 42.7 Å². The van der Waals surface area contributed by atoms with E-state index in [2.05, 4.69) is 15.1 Å². The predicted octanol–water partition coefficient (Wildman–Crippen LogP) is 2.13. The molecule has 0 bridgehead atoms. The van der Waals surface area contributed by atoms with Gasteiger partial charge in [-0.05, 0) is 23.8 Å². The van der Waals surface area contributed by atoms with E-state index in [1.54, 1.807) is 37.3 Å². The van der Waals surface area contributed by atoms with Gasteiger partial charge >= 0.3 is 0 Å². The number of anilines is 1. The molecule has 6 heteroatoms. The number of nitrogens with zero attached hydrogens (tertiary/aromatic N) is 4. The van der Waals surface area contributed by atoms with Crippen molar-refractivity contribution in [1.29, 1.82) is 0 Å².